The number of para-hydroxylation sites is 1. The minimum atomic E-state index is -0.627. The number of nitrogens with zero attached hydrogens (tertiary/aromatic N) is 3. The van der Waals surface area contributed by atoms with E-state index in [1.54, 1.807) is 42.5 Å². The molecule has 0 aliphatic carbocycles. The third kappa shape index (κ3) is 2.86. The number of hydrogen-bond acceptors (Lipinski definition) is 7. The second kappa shape index (κ2) is 5.98. The Hall–Kier alpha value is -3.86. The van der Waals surface area contributed by atoms with Crippen LogP contribution in [0.5, 0.6) is 5.75 Å². The van der Waals surface area contributed by atoms with Crippen LogP contribution in [-0.4, -0.2) is 15.1 Å². The monoisotopic (exact) mass is 334 g/mol. The third-order valence-electron chi connectivity index (χ3n) is 3.51. The molecule has 0 bridgehead atoms. The molecule has 0 fully saturated rings. The Labute approximate surface area is 140 Å². The molecule has 2 aromatic heterocycles. The Morgan fingerprint density at radius 3 is 2.92 bits per heavy atom. The summed E-state index contributed by atoms with van der Waals surface area (Å²) in [7, 11) is 0. The molecule has 0 amide bonds. The molecular formula is C17H10N4O4. The van der Waals surface area contributed by atoms with Crippen molar-refractivity contribution in [3.05, 3.63) is 64.5 Å². The Morgan fingerprint density at radius 2 is 2.12 bits per heavy atom. The van der Waals surface area contributed by atoms with Crippen molar-refractivity contribution >= 4 is 11.1 Å². The van der Waals surface area contributed by atoms with Crippen LogP contribution in [0.15, 0.2) is 56.2 Å². The van der Waals surface area contributed by atoms with Crippen LogP contribution in [0.25, 0.3) is 22.5 Å². The van der Waals surface area contributed by atoms with E-state index < -0.39 is 5.76 Å². The van der Waals surface area contributed by atoms with Gasteiger partial charge in [0.25, 0.3) is 0 Å². The van der Waals surface area contributed by atoms with E-state index in [-0.39, 0.29) is 6.61 Å². The lowest BCUT2D eigenvalue weighted by Crippen LogP contribution is -1.97. The number of H-pyrrole nitrogens is 1. The van der Waals surface area contributed by atoms with Gasteiger partial charge in [0, 0.05) is 5.56 Å². The van der Waals surface area contributed by atoms with Gasteiger partial charge in [-0.25, -0.2) is 9.78 Å². The molecule has 25 heavy (non-hydrogen) atoms. The zero-order valence-corrected chi connectivity index (χ0v) is 12.7. The minimum absolute atomic E-state index is 0.0868. The molecule has 0 spiro atoms. The van der Waals surface area contributed by atoms with Crippen molar-refractivity contribution in [2.75, 3.05) is 0 Å². The zero-order valence-electron chi connectivity index (χ0n) is 12.7. The summed E-state index contributed by atoms with van der Waals surface area (Å²) in [5.74, 6) is 0.517. The Morgan fingerprint density at radius 1 is 1.24 bits per heavy atom. The average Bonchev–Trinajstić information content (AvgIpc) is 3.25. The highest BCUT2D eigenvalue weighted by molar-refractivity contribution is 5.78. The maximum atomic E-state index is 11.0. The van der Waals surface area contributed by atoms with Gasteiger partial charge in [-0.2, -0.15) is 5.26 Å². The fraction of sp³-hybridized carbons (Fsp3) is 0.0588. The van der Waals surface area contributed by atoms with Crippen LogP contribution >= 0.6 is 0 Å². The standard InChI is InChI=1S/C17H10N4O4/c18-8-11-3-1-2-4-13(11)23-9-15-19-12-6-5-10(7-14(12)24-15)16-20-17(22)25-21-16/h1-7H,9H2,(H,20,21,22). The Kier molecular flexibility index (Phi) is 3.52. The minimum Gasteiger partial charge on any atom is -0.482 e. The van der Waals surface area contributed by atoms with E-state index in [4.69, 9.17) is 14.4 Å². The summed E-state index contributed by atoms with van der Waals surface area (Å²) in [5, 5.41) is 12.7. The molecule has 0 atom stereocenters. The smallest absolute Gasteiger partial charge is 0.439 e. The van der Waals surface area contributed by atoms with Gasteiger partial charge >= 0.3 is 5.76 Å². The topological polar surface area (TPSA) is 118 Å². The first kappa shape index (κ1) is 14.7. The predicted molar refractivity (Wildman–Crippen MR) is 85.6 cm³/mol. The maximum absolute atomic E-state index is 11.0. The normalized spacial score (nSPS) is 10.7. The molecule has 0 saturated heterocycles. The second-order valence-corrected chi connectivity index (χ2v) is 5.13. The average molecular weight is 334 g/mol. The molecule has 4 rings (SSSR count). The molecule has 2 aromatic carbocycles. The molecule has 2 heterocycles. The number of oxazole rings is 1. The molecule has 0 saturated carbocycles. The molecule has 0 aliphatic heterocycles. The largest absolute Gasteiger partial charge is 0.482 e. The van der Waals surface area contributed by atoms with Crippen molar-refractivity contribution in [2.24, 2.45) is 0 Å². The number of fused-ring (bicyclic) bond motifs is 1. The summed E-state index contributed by atoms with van der Waals surface area (Å²) in [6.45, 7) is 0.0868. The van der Waals surface area contributed by atoms with Gasteiger partial charge in [-0.1, -0.05) is 17.3 Å². The highest BCUT2D eigenvalue weighted by Crippen LogP contribution is 2.23. The highest BCUT2D eigenvalue weighted by atomic mass is 16.5. The SMILES string of the molecule is N#Cc1ccccc1OCc1nc2ccc(-c3noc(=O)[nH]3)cc2o1. The Balaban J connectivity index is 1.59. The van der Waals surface area contributed by atoms with Crippen LogP contribution in [0.2, 0.25) is 0 Å². The van der Waals surface area contributed by atoms with Crippen LogP contribution in [-0.2, 0) is 6.61 Å². The summed E-state index contributed by atoms with van der Waals surface area (Å²) in [4.78, 5) is 17.8. The van der Waals surface area contributed by atoms with Gasteiger partial charge in [-0.3, -0.25) is 9.51 Å². The lowest BCUT2D eigenvalue weighted by Gasteiger charge is -2.04. The molecule has 0 unspecified atom stereocenters. The van der Waals surface area contributed by atoms with Crippen LogP contribution in [0.1, 0.15) is 11.5 Å². The van der Waals surface area contributed by atoms with E-state index in [1.165, 1.54) is 0 Å². The maximum Gasteiger partial charge on any atom is 0.439 e. The van der Waals surface area contributed by atoms with Crippen molar-refractivity contribution in [3.8, 4) is 23.2 Å². The van der Waals surface area contributed by atoms with E-state index >= 15 is 0 Å². The van der Waals surface area contributed by atoms with Gasteiger partial charge in [0.05, 0.1) is 5.56 Å². The molecule has 8 nitrogen and oxygen atoms in total. The lowest BCUT2D eigenvalue weighted by molar-refractivity contribution is 0.266. The molecule has 4 aromatic rings. The van der Waals surface area contributed by atoms with Crippen LogP contribution in [0.4, 0.5) is 0 Å². The fourth-order valence-electron chi connectivity index (χ4n) is 2.36. The van der Waals surface area contributed by atoms with E-state index in [1.807, 2.05) is 0 Å². The summed E-state index contributed by atoms with van der Waals surface area (Å²) in [5.41, 5.74) is 2.24. The van der Waals surface area contributed by atoms with E-state index in [0.29, 0.717) is 39.7 Å². The van der Waals surface area contributed by atoms with Gasteiger partial charge in [0.2, 0.25) is 5.89 Å². The van der Waals surface area contributed by atoms with Gasteiger partial charge in [0.1, 0.15) is 17.3 Å². The number of rotatable bonds is 4. The van der Waals surface area contributed by atoms with Gasteiger partial charge in [0.15, 0.2) is 18.0 Å². The summed E-state index contributed by atoms with van der Waals surface area (Å²) in [6.07, 6.45) is 0. The molecule has 1 N–H and O–H groups in total. The van der Waals surface area contributed by atoms with Crippen molar-refractivity contribution < 1.29 is 13.7 Å². The molecule has 0 radical (unpaired) electrons. The first-order valence-electron chi connectivity index (χ1n) is 7.31. The predicted octanol–water partition coefficient (Wildman–Crippen LogP) is 2.62. The quantitative estimate of drug-likeness (QED) is 0.609. The van der Waals surface area contributed by atoms with Gasteiger partial charge in [-0.15, -0.1) is 0 Å². The first-order chi connectivity index (χ1) is 12.2. The molecule has 122 valence electrons. The van der Waals surface area contributed by atoms with Crippen LogP contribution in [0, 0.1) is 11.3 Å². The van der Waals surface area contributed by atoms with Crippen molar-refractivity contribution in [1.82, 2.24) is 15.1 Å². The third-order valence-corrected chi connectivity index (χ3v) is 3.51. The Bertz CT molecular complexity index is 1150. The summed E-state index contributed by atoms with van der Waals surface area (Å²) >= 11 is 0. The van der Waals surface area contributed by atoms with Crippen LogP contribution in [0.3, 0.4) is 0 Å². The van der Waals surface area contributed by atoms with Gasteiger partial charge < -0.3 is 9.15 Å². The van der Waals surface area contributed by atoms with E-state index in [2.05, 4.69) is 25.7 Å². The number of hydrogen-bond donors (Lipinski definition) is 1. The van der Waals surface area contributed by atoms with Crippen molar-refractivity contribution in [1.29, 1.82) is 5.26 Å². The van der Waals surface area contributed by atoms with Crippen molar-refractivity contribution in [2.45, 2.75) is 6.61 Å². The second-order valence-electron chi connectivity index (χ2n) is 5.13. The van der Waals surface area contributed by atoms with Crippen molar-refractivity contribution in [3.63, 3.8) is 0 Å². The molecule has 8 heteroatoms. The van der Waals surface area contributed by atoms with E-state index in [9.17, 15) is 4.79 Å². The summed E-state index contributed by atoms with van der Waals surface area (Å²) in [6, 6.07) is 14.2. The molecular weight excluding hydrogens is 324 g/mol. The number of ether oxygens (including phenoxy) is 1. The van der Waals surface area contributed by atoms with Crippen LogP contribution < -0.4 is 10.5 Å². The number of nitrogens with one attached hydrogen (secondary N) is 1. The van der Waals surface area contributed by atoms with Gasteiger partial charge in [-0.05, 0) is 30.3 Å². The lowest BCUT2D eigenvalue weighted by atomic mass is 10.2. The number of aromatic amines is 1. The number of nitriles is 1. The van der Waals surface area contributed by atoms with E-state index in [0.717, 1.165) is 0 Å². The fourth-order valence-corrected chi connectivity index (χ4v) is 2.36. The first-order valence-corrected chi connectivity index (χ1v) is 7.31. The number of benzene rings is 2. The summed E-state index contributed by atoms with van der Waals surface area (Å²) < 4.78 is 15.8. The molecule has 0 aliphatic rings. The highest BCUT2D eigenvalue weighted by Gasteiger charge is 2.11. The zero-order chi connectivity index (χ0) is 17.2. The number of aromatic nitrogens is 3.